The molecule has 2 heteroatoms. The summed E-state index contributed by atoms with van der Waals surface area (Å²) in [6, 6.07) is 21.4. The molecule has 1 heterocycles. The van der Waals surface area contributed by atoms with Crippen LogP contribution in [-0.2, 0) is 3.83 Å². The first kappa shape index (κ1) is 11.3. The van der Waals surface area contributed by atoms with E-state index in [9.17, 15) is 3.83 Å². The van der Waals surface area contributed by atoms with Crippen LogP contribution in [-0.4, -0.2) is 13.8 Å². The van der Waals surface area contributed by atoms with Gasteiger partial charge in [-0.25, -0.2) is 0 Å². The zero-order valence-electron chi connectivity index (χ0n) is 11.6. The third-order valence-corrected chi connectivity index (χ3v) is 8.06. The first-order valence-electron chi connectivity index (χ1n) is 7.38. The predicted molar refractivity (Wildman–Crippen MR) is 93.4 cm³/mol. The Morgan fingerprint density at radius 3 is 1.55 bits per heavy atom. The molecule has 0 bridgehead atoms. The van der Waals surface area contributed by atoms with Crippen molar-refractivity contribution in [1.29, 1.82) is 0 Å². The van der Waals surface area contributed by atoms with Crippen molar-refractivity contribution in [2.75, 3.05) is 0 Å². The molecule has 0 amide bonds. The topological polar surface area (TPSA) is 17.1 Å². The Morgan fingerprint density at radius 1 is 0.545 bits per heavy atom. The van der Waals surface area contributed by atoms with Crippen LogP contribution in [0, 0.1) is 0 Å². The van der Waals surface area contributed by atoms with Crippen LogP contribution in [0.1, 0.15) is 0 Å². The molecule has 0 saturated heterocycles. The van der Waals surface area contributed by atoms with Crippen molar-refractivity contribution in [3.63, 3.8) is 0 Å². The minimum absolute atomic E-state index is 1.07. The summed E-state index contributed by atoms with van der Waals surface area (Å²) in [5.41, 5.74) is 0. The van der Waals surface area contributed by atoms with Crippen LogP contribution < -0.4 is 8.92 Å². The van der Waals surface area contributed by atoms with Gasteiger partial charge in [-0.15, -0.1) is 0 Å². The van der Waals surface area contributed by atoms with Crippen molar-refractivity contribution >= 4 is 65.8 Å². The van der Waals surface area contributed by atoms with E-state index in [4.69, 9.17) is 0 Å². The summed E-state index contributed by atoms with van der Waals surface area (Å²) in [6.07, 6.45) is 0. The van der Waals surface area contributed by atoms with Crippen LogP contribution in [0.15, 0.2) is 60.7 Å². The fraction of sp³-hybridized carbons (Fsp3) is 0. The molecule has 6 rings (SSSR count). The van der Waals surface area contributed by atoms with Gasteiger partial charge in [-0.3, -0.25) is 0 Å². The van der Waals surface area contributed by atoms with Gasteiger partial charge in [0.15, 0.2) is 0 Å². The Labute approximate surface area is 130 Å². The predicted octanol–water partition coefficient (Wildman–Crippen LogP) is 3.59. The molecule has 0 aliphatic carbocycles. The van der Waals surface area contributed by atoms with Crippen LogP contribution in [0.25, 0.3) is 43.1 Å². The van der Waals surface area contributed by atoms with Crippen molar-refractivity contribution < 1.29 is 3.83 Å². The van der Waals surface area contributed by atoms with Gasteiger partial charge in [0.1, 0.15) is 0 Å². The average molecular weight is 345 g/mol. The van der Waals surface area contributed by atoms with Crippen LogP contribution in [0.3, 0.4) is 0 Å². The molecule has 5 aromatic rings. The van der Waals surface area contributed by atoms with E-state index in [0.717, 1.165) is 8.92 Å². The maximum atomic E-state index is 13.0. The normalized spacial score (nSPS) is 14.4. The van der Waals surface area contributed by atoms with Gasteiger partial charge >= 0.3 is 130 Å². The molecule has 0 unspecified atom stereocenters. The van der Waals surface area contributed by atoms with E-state index >= 15 is 0 Å². The van der Waals surface area contributed by atoms with Gasteiger partial charge < -0.3 is 0 Å². The second kappa shape index (κ2) is 3.54. The van der Waals surface area contributed by atoms with E-state index < -0.39 is 13.8 Å². The zero-order chi connectivity index (χ0) is 14.4. The van der Waals surface area contributed by atoms with E-state index in [1.165, 1.54) is 43.1 Å². The fourth-order valence-electron chi connectivity index (χ4n) is 4.09. The minimum atomic E-state index is -2.13. The molecule has 0 saturated carbocycles. The molecular weight excluding hydrogens is 335 g/mol. The van der Waals surface area contributed by atoms with E-state index in [-0.39, 0.29) is 0 Å². The summed E-state index contributed by atoms with van der Waals surface area (Å²) in [6.45, 7) is 0. The Kier molecular flexibility index (Phi) is 1.82. The third-order valence-electron chi connectivity index (χ3n) is 4.95. The van der Waals surface area contributed by atoms with Crippen molar-refractivity contribution in [3.05, 3.63) is 60.7 Å². The maximum absolute atomic E-state index is 13.0. The van der Waals surface area contributed by atoms with Gasteiger partial charge in [-0.05, 0) is 0 Å². The molecule has 1 aliphatic heterocycles. The molecule has 0 fully saturated rings. The number of benzene rings is 5. The quantitative estimate of drug-likeness (QED) is 0.234. The van der Waals surface area contributed by atoms with Crippen LogP contribution >= 0.6 is 0 Å². The standard InChI is InChI=1S/C20H10OSe/c21-22-15-9-7-11-3-1-5-13-14-6-2-4-12-8-10-16(22)20(18(12)14)19(15)17(11)13/h1-10H. The number of hydrogen-bond donors (Lipinski definition) is 0. The van der Waals surface area contributed by atoms with Crippen molar-refractivity contribution in [3.8, 4) is 0 Å². The fourth-order valence-corrected chi connectivity index (χ4v) is 7.03. The molecule has 1 aliphatic rings. The van der Waals surface area contributed by atoms with Gasteiger partial charge in [0, 0.05) is 0 Å². The number of hydrogen-bond acceptors (Lipinski definition) is 1. The molecular formula is C20H10OSe. The van der Waals surface area contributed by atoms with Gasteiger partial charge in [-0.1, -0.05) is 0 Å². The summed E-state index contributed by atoms with van der Waals surface area (Å²) in [5.74, 6) is 0. The number of fused-ring (bicyclic) bond motifs is 1. The molecule has 0 atom stereocenters. The van der Waals surface area contributed by atoms with E-state index in [1.54, 1.807) is 0 Å². The van der Waals surface area contributed by atoms with Crippen molar-refractivity contribution in [2.24, 2.45) is 0 Å². The van der Waals surface area contributed by atoms with E-state index in [0.29, 0.717) is 0 Å². The summed E-state index contributed by atoms with van der Waals surface area (Å²) in [4.78, 5) is 0. The van der Waals surface area contributed by atoms with E-state index in [1.807, 2.05) is 0 Å². The second-order valence-electron chi connectivity index (χ2n) is 5.95. The van der Waals surface area contributed by atoms with Gasteiger partial charge in [0.25, 0.3) is 0 Å². The first-order chi connectivity index (χ1) is 10.8. The second-order valence-corrected chi connectivity index (χ2v) is 8.93. The summed E-state index contributed by atoms with van der Waals surface area (Å²) in [7, 11) is 0. The Balaban J connectivity index is 2.18. The molecule has 5 aromatic carbocycles. The molecule has 22 heavy (non-hydrogen) atoms. The molecule has 1 nitrogen and oxygen atoms in total. The van der Waals surface area contributed by atoms with Gasteiger partial charge in [-0.2, -0.15) is 0 Å². The summed E-state index contributed by atoms with van der Waals surface area (Å²) < 4.78 is 15.1. The third kappa shape index (κ3) is 1.08. The van der Waals surface area contributed by atoms with Crippen LogP contribution in [0.4, 0.5) is 0 Å². The van der Waals surface area contributed by atoms with Crippen molar-refractivity contribution in [1.82, 2.24) is 0 Å². The zero-order valence-corrected chi connectivity index (χ0v) is 13.3. The SMILES string of the molecule is O=[Se]1c2ccc3cccc4c5cccc6ccc1c(c2c34)c65. The van der Waals surface area contributed by atoms with Crippen LogP contribution in [0.2, 0.25) is 0 Å². The Morgan fingerprint density at radius 2 is 1.05 bits per heavy atom. The first-order valence-corrected chi connectivity index (χ1v) is 9.80. The van der Waals surface area contributed by atoms with Crippen molar-refractivity contribution in [2.45, 2.75) is 0 Å². The van der Waals surface area contributed by atoms with Gasteiger partial charge in [0.2, 0.25) is 0 Å². The molecule has 0 N–H and O–H groups in total. The average Bonchev–Trinajstić information content (AvgIpc) is 2.87. The summed E-state index contributed by atoms with van der Waals surface area (Å²) in [5, 5.41) is 10.1. The molecule has 102 valence electrons. The van der Waals surface area contributed by atoms with Gasteiger partial charge in [0.05, 0.1) is 0 Å². The molecule has 0 aromatic heterocycles. The Bertz CT molecular complexity index is 1180. The van der Waals surface area contributed by atoms with E-state index in [2.05, 4.69) is 60.7 Å². The van der Waals surface area contributed by atoms with Crippen LogP contribution in [0.5, 0.6) is 0 Å². The molecule has 0 radical (unpaired) electrons. The number of rotatable bonds is 0. The molecule has 0 spiro atoms. The monoisotopic (exact) mass is 346 g/mol. The Hall–Kier alpha value is -2.28. The summed E-state index contributed by atoms with van der Waals surface area (Å²) >= 11 is -2.13.